The third-order valence-electron chi connectivity index (χ3n) is 5.84. The Morgan fingerprint density at radius 2 is 2.30 bits per heavy atom. The van der Waals surface area contributed by atoms with Crippen LogP contribution >= 0.6 is 0 Å². The van der Waals surface area contributed by atoms with Crippen LogP contribution in [0.4, 0.5) is 0 Å². The normalized spacial score (nSPS) is 85.8. The Hall–Kier alpha value is 0. The summed E-state index contributed by atoms with van der Waals surface area (Å²) >= 11 is 0. The molecule has 0 aromatic heterocycles. The fourth-order valence-corrected chi connectivity index (χ4v) is 6.03. The average Bonchev–Trinajstić information content (AvgIpc) is 2.34. The first-order valence-electron chi connectivity index (χ1n) is 4.72. The highest BCUT2D eigenvalue weighted by molar-refractivity contribution is 5.53. The molecule has 5 atom stereocenters. The summed E-state index contributed by atoms with van der Waals surface area (Å²) in [6.07, 6.45) is 4.74. The monoisotopic (exact) mass is 134 g/mol. The van der Waals surface area contributed by atoms with E-state index in [9.17, 15) is 0 Å². The van der Waals surface area contributed by atoms with Crippen molar-refractivity contribution in [2.24, 2.45) is 28.1 Å². The van der Waals surface area contributed by atoms with Gasteiger partial charge in [-0.05, 0) is 47.3 Å². The van der Waals surface area contributed by atoms with Crippen LogP contribution < -0.4 is 0 Å². The predicted octanol–water partition coefficient (Wildman–Crippen LogP) is 2.44. The highest BCUT2D eigenvalue weighted by Crippen LogP contribution is 3.11. The van der Waals surface area contributed by atoms with Crippen molar-refractivity contribution in [2.45, 2.75) is 33.1 Å². The lowest BCUT2D eigenvalue weighted by molar-refractivity contribution is -0.0104. The smallest absolute Gasteiger partial charge is 0.0167 e. The van der Waals surface area contributed by atoms with E-state index in [4.69, 9.17) is 0 Å². The van der Waals surface area contributed by atoms with Gasteiger partial charge < -0.3 is 0 Å². The van der Waals surface area contributed by atoms with Crippen LogP contribution in [-0.4, -0.2) is 0 Å². The molecule has 0 amide bonds. The first-order chi connectivity index (χ1) is 4.72. The second-order valence-corrected chi connectivity index (χ2v) is 5.42. The average molecular weight is 134 g/mol. The van der Waals surface area contributed by atoms with Gasteiger partial charge in [-0.2, -0.15) is 0 Å². The van der Waals surface area contributed by atoms with Gasteiger partial charge in [-0.3, -0.25) is 0 Å². The maximum absolute atomic E-state index is 2.54. The third-order valence-corrected chi connectivity index (χ3v) is 5.84. The summed E-state index contributed by atoms with van der Waals surface area (Å²) in [5.74, 6) is 2.41. The first kappa shape index (κ1) is 4.79. The molecule has 0 N–H and O–H groups in total. The SMILES string of the molecule is CCC12C3CC14CC3(C)C42. The van der Waals surface area contributed by atoms with Gasteiger partial charge in [-0.15, -0.1) is 0 Å². The van der Waals surface area contributed by atoms with Crippen LogP contribution in [0.25, 0.3) is 0 Å². The molecule has 0 saturated heterocycles. The van der Waals surface area contributed by atoms with E-state index in [-0.39, 0.29) is 0 Å². The Kier molecular flexibility index (Phi) is 0.379. The van der Waals surface area contributed by atoms with Crippen LogP contribution in [0.3, 0.4) is 0 Å². The Morgan fingerprint density at radius 1 is 1.50 bits per heavy atom. The van der Waals surface area contributed by atoms with Gasteiger partial charge in [0.1, 0.15) is 0 Å². The van der Waals surface area contributed by atoms with Crippen molar-refractivity contribution in [3.05, 3.63) is 0 Å². The van der Waals surface area contributed by atoms with Gasteiger partial charge in [-0.1, -0.05) is 13.8 Å². The van der Waals surface area contributed by atoms with Gasteiger partial charge >= 0.3 is 0 Å². The minimum absolute atomic E-state index is 0.885. The van der Waals surface area contributed by atoms with Crippen molar-refractivity contribution in [2.75, 3.05) is 0 Å². The van der Waals surface area contributed by atoms with Crippen LogP contribution in [-0.2, 0) is 0 Å². The predicted molar refractivity (Wildman–Crippen MR) is 39.5 cm³/mol. The Morgan fingerprint density at radius 3 is 2.50 bits per heavy atom. The number of rotatable bonds is 1. The third kappa shape index (κ3) is 0.151. The standard InChI is InChI=1S/C10H14/c1-3-10-6-4-9(10)5-8(6,2)7(9)10/h6-7H,3-5H2,1-2H3. The van der Waals surface area contributed by atoms with Crippen molar-refractivity contribution >= 4 is 0 Å². The number of fused-ring (bicyclic) bond motifs is 1. The minimum Gasteiger partial charge on any atom is -0.0648 e. The number of hydrogen-bond acceptors (Lipinski definition) is 0. The van der Waals surface area contributed by atoms with Gasteiger partial charge in [0.15, 0.2) is 0 Å². The molecule has 0 heterocycles. The summed E-state index contributed by atoms with van der Waals surface area (Å²) in [6, 6.07) is 0. The highest BCUT2D eigenvalue weighted by atomic mass is 15.1. The summed E-state index contributed by atoms with van der Waals surface area (Å²) in [5.41, 5.74) is 2.82. The molecule has 0 aromatic rings. The Labute approximate surface area is 62.0 Å². The lowest BCUT2D eigenvalue weighted by Gasteiger charge is -2.48. The van der Waals surface area contributed by atoms with E-state index < -0.39 is 0 Å². The zero-order valence-electron chi connectivity index (χ0n) is 6.78. The minimum atomic E-state index is 0.885. The number of hydrogen-bond donors (Lipinski definition) is 0. The van der Waals surface area contributed by atoms with E-state index in [1.54, 1.807) is 12.8 Å². The summed E-state index contributed by atoms with van der Waals surface area (Å²) in [7, 11) is 0. The summed E-state index contributed by atoms with van der Waals surface area (Å²) in [4.78, 5) is 0. The van der Waals surface area contributed by atoms with Crippen molar-refractivity contribution < 1.29 is 0 Å². The second-order valence-electron chi connectivity index (χ2n) is 5.42. The molecule has 4 saturated carbocycles. The summed E-state index contributed by atoms with van der Waals surface area (Å²) in [5, 5.41) is 0. The molecule has 0 radical (unpaired) electrons. The molecule has 4 fully saturated rings. The van der Waals surface area contributed by atoms with Crippen LogP contribution in [0, 0.1) is 28.1 Å². The zero-order valence-corrected chi connectivity index (χ0v) is 6.78. The maximum atomic E-state index is 2.54. The van der Waals surface area contributed by atoms with Gasteiger partial charge in [0.05, 0.1) is 0 Å². The summed E-state index contributed by atoms with van der Waals surface area (Å²) < 4.78 is 0. The molecule has 0 bridgehead atoms. The van der Waals surface area contributed by atoms with E-state index >= 15 is 0 Å². The van der Waals surface area contributed by atoms with Gasteiger partial charge in [-0.25, -0.2) is 0 Å². The summed E-state index contributed by atoms with van der Waals surface area (Å²) in [6.45, 7) is 4.94. The lowest BCUT2D eigenvalue weighted by atomic mass is 9.56. The van der Waals surface area contributed by atoms with E-state index in [0.717, 1.165) is 16.2 Å². The molecule has 4 aliphatic rings. The topological polar surface area (TPSA) is 0 Å². The van der Waals surface area contributed by atoms with Crippen LogP contribution in [0.15, 0.2) is 0 Å². The molecular formula is C10H14. The maximum Gasteiger partial charge on any atom is -0.0167 e. The second kappa shape index (κ2) is 0.790. The lowest BCUT2D eigenvalue weighted by Crippen LogP contribution is -2.43. The molecule has 0 heteroatoms. The van der Waals surface area contributed by atoms with E-state index in [2.05, 4.69) is 13.8 Å². The molecule has 4 aliphatic carbocycles. The van der Waals surface area contributed by atoms with Gasteiger partial charge in [0.25, 0.3) is 0 Å². The molecule has 0 aliphatic heterocycles. The molecule has 10 heavy (non-hydrogen) atoms. The largest absolute Gasteiger partial charge is 0.0648 e. The first-order valence-corrected chi connectivity index (χ1v) is 4.72. The Balaban J connectivity index is 1.94. The van der Waals surface area contributed by atoms with Crippen molar-refractivity contribution in [3.8, 4) is 0 Å². The molecular weight excluding hydrogens is 120 g/mol. The molecule has 4 rings (SSSR count). The van der Waals surface area contributed by atoms with E-state index in [1.165, 1.54) is 18.3 Å². The Bertz CT molecular complexity index is 247. The zero-order chi connectivity index (χ0) is 6.78. The van der Waals surface area contributed by atoms with Gasteiger partial charge in [0.2, 0.25) is 0 Å². The quantitative estimate of drug-likeness (QED) is 0.516. The van der Waals surface area contributed by atoms with Crippen LogP contribution in [0.2, 0.25) is 0 Å². The van der Waals surface area contributed by atoms with Gasteiger partial charge in [0, 0.05) is 0 Å². The molecule has 1 spiro atoms. The molecule has 54 valence electrons. The fraction of sp³-hybridized carbons (Fsp3) is 1.00. The van der Waals surface area contributed by atoms with Crippen molar-refractivity contribution in [1.82, 2.24) is 0 Å². The fourth-order valence-electron chi connectivity index (χ4n) is 6.03. The molecule has 0 nitrogen and oxygen atoms in total. The van der Waals surface area contributed by atoms with Crippen LogP contribution in [0.5, 0.6) is 0 Å². The van der Waals surface area contributed by atoms with E-state index in [0.29, 0.717) is 0 Å². The van der Waals surface area contributed by atoms with Crippen LogP contribution in [0.1, 0.15) is 33.1 Å². The van der Waals surface area contributed by atoms with E-state index in [1.807, 2.05) is 0 Å². The van der Waals surface area contributed by atoms with Crippen molar-refractivity contribution in [3.63, 3.8) is 0 Å². The van der Waals surface area contributed by atoms with Crippen molar-refractivity contribution in [1.29, 1.82) is 0 Å². The molecule has 5 unspecified atom stereocenters. The highest BCUT2D eigenvalue weighted by Gasteiger charge is 3.06. The molecule has 0 aromatic carbocycles.